The van der Waals surface area contributed by atoms with Gasteiger partial charge in [0.25, 0.3) is 0 Å². The van der Waals surface area contributed by atoms with Crippen molar-refractivity contribution in [2.45, 2.75) is 38.4 Å². The van der Waals surface area contributed by atoms with Crippen molar-refractivity contribution >= 4 is 11.9 Å². The number of carboxylic acid groups (broad SMARTS) is 1. The van der Waals surface area contributed by atoms with Crippen LogP contribution in [0.3, 0.4) is 0 Å². The molecule has 0 bridgehead atoms. The lowest BCUT2D eigenvalue weighted by atomic mass is 9.60. The predicted molar refractivity (Wildman–Crippen MR) is 66.6 cm³/mol. The fraction of sp³-hybridized carbons (Fsp3) is 0.846. The van der Waals surface area contributed by atoms with E-state index in [1.165, 1.54) is 0 Å². The fourth-order valence-corrected chi connectivity index (χ4v) is 2.81. The van der Waals surface area contributed by atoms with Crippen LogP contribution in [0.25, 0.3) is 0 Å². The SMILES string of the molecule is CC(C)(C)OC(=O)C1C(C(=O)O)CC12CNCCO2. The number of rotatable bonds is 2. The number of ether oxygens (including phenoxy) is 2. The molecule has 6 heteroatoms. The van der Waals surface area contributed by atoms with Gasteiger partial charge in [-0.25, -0.2) is 0 Å². The monoisotopic (exact) mass is 271 g/mol. The molecule has 0 aromatic rings. The molecule has 19 heavy (non-hydrogen) atoms. The van der Waals surface area contributed by atoms with Gasteiger partial charge < -0.3 is 19.9 Å². The Balaban J connectivity index is 2.15. The summed E-state index contributed by atoms with van der Waals surface area (Å²) in [5.74, 6) is -2.88. The first-order chi connectivity index (χ1) is 8.75. The van der Waals surface area contributed by atoms with E-state index in [-0.39, 0.29) is 0 Å². The summed E-state index contributed by atoms with van der Waals surface area (Å²) in [6.45, 7) is 7.02. The van der Waals surface area contributed by atoms with Gasteiger partial charge in [0.05, 0.1) is 18.1 Å². The van der Waals surface area contributed by atoms with Crippen LogP contribution < -0.4 is 5.32 Å². The Bertz CT molecular complexity index is 381. The first-order valence-electron chi connectivity index (χ1n) is 6.55. The summed E-state index contributed by atoms with van der Waals surface area (Å²) in [5, 5.41) is 12.3. The normalized spacial score (nSPS) is 34.7. The molecule has 1 aliphatic carbocycles. The highest BCUT2D eigenvalue weighted by Crippen LogP contribution is 2.48. The Labute approximate surface area is 112 Å². The fourth-order valence-electron chi connectivity index (χ4n) is 2.81. The number of hydrogen-bond acceptors (Lipinski definition) is 5. The highest BCUT2D eigenvalue weighted by molar-refractivity contribution is 5.85. The van der Waals surface area contributed by atoms with Gasteiger partial charge in [0.1, 0.15) is 11.5 Å². The summed E-state index contributed by atoms with van der Waals surface area (Å²) in [7, 11) is 0. The van der Waals surface area contributed by atoms with Gasteiger partial charge >= 0.3 is 11.9 Å². The van der Waals surface area contributed by atoms with Crippen LogP contribution in [0.4, 0.5) is 0 Å². The average molecular weight is 271 g/mol. The molecule has 3 atom stereocenters. The lowest BCUT2D eigenvalue weighted by molar-refractivity contribution is -0.222. The maximum absolute atomic E-state index is 12.2. The standard InChI is InChI=1S/C13H21NO5/c1-12(2,3)19-11(17)9-8(10(15)16)6-13(9)7-14-4-5-18-13/h8-9,14H,4-7H2,1-3H3,(H,15,16). The van der Waals surface area contributed by atoms with E-state index >= 15 is 0 Å². The molecule has 2 rings (SSSR count). The number of carboxylic acids is 1. The number of esters is 1. The first-order valence-corrected chi connectivity index (χ1v) is 6.55. The van der Waals surface area contributed by atoms with E-state index in [0.717, 1.165) is 6.54 Å². The molecular weight excluding hydrogens is 250 g/mol. The smallest absolute Gasteiger partial charge is 0.313 e. The Kier molecular flexibility index (Phi) is 3.57. The lowest BCUT2D eigenvalue weighted by Crippen LogP contribution is -2.68. The summed E-state index contributed by atoms with van der Waals surface area (Å²) in [4.78, 5) is 23.4. The molecule has 1 aliphatic heterocycles. The number of aliphatic carboxylic acids is 1. The summed E-state index contributed by atoms with van der Waals surface area (Å²) in [6.07, 6.45) is 0.360. The quantitative estimate of drug-likeness (QED) is 0.708. The highest BCUT2D eigenvalue weighted by Gasteiger charge is 2.63. The predicted octanol–water partition coefficient (Wildman–Crippen LogP) is 0.407. The van der Waals surface area contributed by atoms with Crippen molar-refractivity contribution in [3.8, 4) is 0 Å². The van der Waals surface area contributed by atoms with Gasteiger partial charge in [-0.05, 0) is 27.2 Å². The third kappa shape index (κ3) is 2.74. The van der Waals surface area contributed by atoms with E-state index in [1.807, 2.05) is 0 Å². The Morgan fingerprint density at radius 1 is 1.42 bits per heavy atom. The van der Waals surface area contributed by atoms with Gasteiger partial charge in [0.15, 0.2) is 0 Å². The number of hydrogen-bond donors (Lipinski definition) is 2. The maximum Gasteiger partial charge on any atom is 0.313 e. The Morgan fingerprint density at radius 3 is 2.58 bits per heavy atom. The molecule has 108 valence electrons. The number of morpholine rings is 1. The van der Waals surface area contributed by atoms with Crippen molar-refractivity contribution in [1.29, 1.82) is 0 Å². The van der Waals surface area contributed by atoms with Crippen LogP contribution in [-0.4, -0.2) is 47.9 Å². The molecule has 0 radical (unpaired) electrons. The van der Waals surface area contributed by atoms with E-state index in [4.69, 9.17) is 9.47 Å². The molecule has 2 N–H and O–H groups in total. The number of nitrogens with one attached hydrogen (secondary N) is 1. The zero-order chi connectivity index (χ0) is 14.3. The number of carbonyl (C=O) groups is 2. The van der Waals surface area contributed by atoms with Gasteiger partial charge in [-0.1, -0.05) is 0 Å². The molecule has 2 aliphatic rings. The molecular formula is C13H21NO5. The van der Waals surface area contributed by atoms with E-state index in [9.17, 15) is 14.7 Å². The third-order valence-corrected chi connectivity index (χ3v) is 3.61. The van der Waals surface area contributed by atoms with E-state index in [1.54, 1.807) is 20.8 Å². The van der Waals surface area contributed by atoms with Crippen LogP contribution in [0, 0.1) is 11.8 Å². The molecule has 6 nitrogen and oxygen atoms in total. The number of carbonyl (C=O) groups excluding carboxylic acids is 1. The van der Waals surface area contributed by atoms with E-state index in [0.29, 0.717) is 19.6 Å². The van der Waals surface area contributed by atoms with Crippen molar-refractivity contribution in [1.82, 2.24) is 5.32 Å². The molecule has 1 saturated heterocycles. The summed E-state index contributed by atoms with van der Waals surface area (Å²) in [5.41, 5.74) is -1.33. The first kappa shape index (κ1) is 14.3. The topological polar surface area (TPSA) is 84.9 Å². The lowest BCUT2D eigenvalue weighted by Gasteiger charge is -2.53. The Morgan fingerprint density at radius 2 is 2.11 bits per heavy atom. The minimum absolute atomic E-state index is 0.360. The van der Waals surface area contributed by atoms with Crippen molar-refractivity contribution < 1.29 is 24.2 Å². The zero-order valence-corrected chi connectivity index (χ0v) is 11.6. The molecule has 1 saturated carbocycles. The van der Waals surface area contributed by atoms with Crippen LogP contribution in [0.1, 0.15) is 27.2 Å². The molecule has 0 aromatic heterocycles. The molecule has 0 amide bonds. The largest absolute Gasteiger partial charge is 0.481 e. The van der Waals surface area contributed by atoms with Gasteiger partial charge in [0, 0.05) is 13.1 Å². The van der Waals surface area contributed by atoms with Crippen molar-refractivity contribution in [3.05, 3.63) is 0 Å². The average Bonchev–Trinajstić information content (AvgIpc) is 2.24. The van der Waals surface area contributed by atoms with Crippen LogP contribution >= 0.6 is 0 Å². The van der Waals surface area contributed by atoms with E-state index < -0.39 is 35.0 Å². The second-order valence-electron chi connectivity index (χ2n) is 6.25. The highest BCUT2D eigenvalue weighted by atomic mass is 16.6. The summed E-state index contributed by atoms with van der Waals surface area (Å²) < 4.78 is 11.0. The van der Waals surface area contributed by atoms with Gasteiger partial charge in [0.2, 0.25) is 0 Å². The summed E-state index contributed by atoms with van der Waals surface area (Å²) in [6, 6.07) is 0. The molecule has 0 aromatic carbocycles. The Hall–Kier alpha value is -1.14. The third-order valence-electron chi connectivity index (χ3n) is 3.61. The molecule has 2 fully saturated rings. The van der Waals surface area contributed by atoms with Crippen LogP contribution in [0.15, 0.2) is 0 Å². The minimum atomic E-state index is -0.962. The van der Waals surface area contributed by atoms with Crippen molar-refractivity contribution in [3.63, 3.8) is 0 Å². The van der Waals surface area contributed by atoms with Crippen LogP contribution in [0.2, 0.25) is 0 Å². The van der Waals surface area contributed by atoms with Gasteiger partial charge in [-0.3, -0.25) is 9.59 Å². The van der Waals surface area contributed by atoms with Crippen LogP contribution in [0.5, 0.6) is 0 Å². The molecule has 3 unspecified atom stereocenters. The van der Waals surface area contributed by atoms with Crippen molar-refractivity contribution in [2.75, 3.05) is 19.7 Å². The minimum Gasteiger partial charge on any atom is -0.481 e. The van der Waals surface area contributed by atoms with Gasteiger partial charge in [-0.2, -0.15) is 0 Å². The van der Waals surface area contributed by atoms with Crippen LogP contribution in [-0.2, 0) is 19.1 Å². The van der Waals surface area contributed by atoms with Gasteiger partial charge in [-0.15, -0.1) is 0 Å². The van der Waals surface area contributed by atoms with Crippen molar-refractivity contribution in [2.24, 2.45) is 11.8 Å². The maximum atomic E-state index is 12.2. The second kappa shape index (κ2) is 4.76. The molecule has 1 spiro atoms. The summed E-state index contributed by atoms with van der Waals surface area (Å²) >= 11 is 0. The van der Waals surface area contributed by atoms with E-state index in [2.05, 4.69) is 5.32 Å². The zero-order valence-electron chi connectivity index (χ0n) is 11.6. The molecule has 1 heterocycles. The second-order valence-corrected chi connectivity index (χ2v) is 6.25.